The Balaban J connectivity index is 2.01. The highest BCUT2D eigenvalue weighted by Crippen LogP contribution is 2.32. The standard InChI is InChI=1S/C19H21ClN2O5/c1-12-7-13(20)5-6-16(12)27-11-19(23)22-21-10-15-17(25-3)8-14(24-2)9-18(15)26-4/h5-10H,11H2,1-4H3,(H,22,23)/b21-10-. The molecule has 0 aliphatic rings. The molecule has 8 heteroatoms. The predicted octanol–water partition coefficient (Wildman–Crippen LogP) is 3.20. The van der Waals surface area contributed by atoms with Gasteiger partial charge in [-0.25, -0.2) is 5.43 Å². The molecule has 0 heterocycles. The van der Waals surface area contributed by atoms with Gasteiger partial charge >= 0.3 is 0 Å². The highest BCUT2D eigenvalue weighted by atomic mass is 35.5. The van der Waals surface area contributed by atoms with Crippen LogP contribution in [0, 0.1) is 6.92 Å². The second-order valence-corrected chi connectivity index (χ2v) is 5.87. The van der Waals surface area contributed by atoms with Gasteiger partial charge in [-0.05, 0) is 30.7 Å². The molecule has 0 atom stereocenters. The zero-order valence-corrected chi connectivity index (χ0v) is 16.3. The van der Waals surface area contributed by atoms with Crippen LogP contribution in [0.1, 0.15) is 11.1 Å². The fourth-order valence-corrected chi connectivity index (χ4v) is 2.51. The van der Waals surface area contributed by atoms with Gasteiger partial charge < -0.3 is 18.9 Å². The Kier molecular flexibility index (Phi) is 7.31. The second kappa shape index (κ2) is 9.68. The van der Waals surface area contributed by atoms with Crippen molar-refractivity contribution < 1.29 is 23.7 Å². The Hall–Kier alpha value is -2.93. The van der Waals surface area contributed by atoms with E-state index >= 15 is 0 Å². The topological polar surface area (TPSA) is 78.4 Å². The number of hydrogen-bond donors (Lipinski definition) is 1. The third-order valence-corrected chi connectivity index (χ3v) is 3.87. The summed E-state index contributed by atoms with van der Waals surface area (Å²) >= 11 is 5.89. The first-order chi connectivity index (χ1) is 13.0. The van der Waals surface area contributed by atoms with E-state index in [4.69, 9.17) is 30.5 Å². The second-order valence-electron chi connectivity index (χ2n) is 5.44. The maximum absolute atomic E-state index is 11.9. The summed E-state index contributed by atoms with van der Waals surface area (Å²) < 4.78 is 21.3. The molecule has 27 heavy (non-hydrogen) atoms. The minimum absolute atomic E-state index is 0.184. The van der Waals surface area contributed by atoms with Crippen molar-refractivity contribution in [3.63, 3.8) is 0 Å². The van der Waals surface area contributed by atoms with Crippen LogP contribution in [0.4, 0.5) is 0 Å². The average Bonchev–Trinajstić information content (AvgIpc) is 2.67. The number of rotatable bonds is 8. The van der Waals surface area contributed by atoms with Crippen LogP contribution in [-0.4, -0.2) is 40.1 Å². The molecule has 2 rings (SSSR count). The lowest BCUT2D eigenvalue weighted by Crippen LogP contribution is -2.24. The number of nitrogens with one attached hydrogen (secondary N) is 1. The Labute approximate surface area is 162 Å². The summed E-state index contributed by atoms with van der Waals surface area (Å²) in [6.07, 6.45) is 1.43. The number of hydrazone groups is 1. The summed E-state index contributed by atoms with van der Waals surface area (Å²) in [4.78, 5) is 11.9. The Morgan fingerprint density at radius 1 is 1.07 bits per heavy atom. The number of carbonyl (C=O) groups is 1. The van der Waals surface area contributed by atoms with Crippen LogP contribution >= 0.6 is 11.6 Å². The molecule has 0 fully saturated rings. The highest BCUT2D eigenvalue weighted by Gasteiger charge is 2.12. The van der Waals surface area contributed by atoms with Gasteiger partial charge in [0.1, 0.15) is 23.0 Å². The van der Waals surface area contributed by atoms with Gasteiger partial charge in [-0.15, -0.1) is 0 Å². The molecule has 0 aliphatic carbocycles. The molecule has 0 unspecified atom stereocenters. The number of hydrogen-bond acceptors (Lipinski definition) is 6. The number of benzene rings is 2. The Morgan fingerprint density at radius 3 is 2.30 bits per heavy atom. The highest BCUT2D eigenvalue weighted by molar-refractivity contribution is 6.30. The van der Waals surface area contributed by atoms with Crippen LogP contribution in [0.2, 0.25) is 5.02 Å². The molecule has 0 bridgehead atoms. The third-order valence-electron chi connectivity index (χ3n) is 3.63. The van der Waals surface area contributed by atoms with Gasteiger partial charge in [0.2, 0.25) is 0 Å². The van der Waals surface area contributed by atoms with E-state index in [-0.39, 0.29) is 6.61 Å². The number of methoxy groups -OCH3 is 3. The van der Waals surface area contributed by atoms with Crippen LogP contribution < -0.4 is 24.4 Å². The summed E-state index contributed by atoms with van der Waals surface area (Å²) in [5.74, 6) is 1.75. The SMILES string of the molecule is COc1cc(OC)c(/C=N\NC(=O)COc2ccc(Cl)cc2C)c(OC)c1. The van der Waals surface area contributed by atoms with Crippen molar-refractivity contribution in [1.29, 1.82) is 0 Å². The van der Waals surface area contributed by atoms with Gasteiger partial charge in [-0.2, -0.15) is 5.10 Å². The molecule has 7 nitrogen and oxygen atoms in total. The largest absolute Gasteiger partial charge is 0.496 e. The molecule has 2 aromatic carbocycles. The van der Waals surface area contributed by atoms with E-state index in [9.17, 15) is 4.79 Å². The lowest BCUT2D eigenvalue weighted by molar-refractivity contribution is -0.123. The van der Waals surface area contributed by atoms with E-state index in [0.29, 0.717) is 33.6 Å². The maximum atomic E-state index is 11.9. The van der Waals surface area contributed by atoms with Crippen molar-refractivity contribution in [1.82, 2.24) is 5.43 Å². The first-order valence-corrected chi connectivity index (χ1v) is 8.37. The van der Waals surface area contributed by atoms with Crippen molar-refractivity contribution in [2.45, 2.75) is 6.92 Å². The minimum atomic E-state index is -0.410. The van der Waals surface area contributed by atoms with Crippen molar-refractivity contribution in [3.8, 4) is 23.0 Å². The summed E-state index contributed by atoms with van der Waals surface area (Å²) in [6.45, 7) is 1.66. The van der Waals surface area contributed by atoms with Crippen molar-refractivity contribution >= 4 is 23.7 Å². The van der Waals surface area contributed by atoms with Crippen molar-refractivity contribution in [2.75, 3.05) is 27.9 Å². The molecular weight excluding hydrogens is 372 g/mol. The fourth-order valence-electron chi connectivity index (χ4n) is 2.28. The van der Waals surface area contributed by atoms with E-state index < -0.39 is 5.91 Å². The monoisotopic (exact) mass is 392 g/mol. The van der Waals surface area contributed by atoms with E-state index in [1.807, 2.05) is 6.92 Å². The lowest BCUT2D eigenvalue weighted by Gasteiger charge is -2.12. The Bertz CT molecular complexity index is 814. The molecular formula is C19H21ClN2O5. The molecule has 2 aromatic rings. The average molecular weight is 393 g/mol. The predicted molar refractivity (Wildman–Crippen MR) is 104 cm³/mol. The molecule has 0 saturated heterocycles. The molecule has 0 aliphatic heterocycles. The van der Waals surface area contributed by atoms with Crippen molar-refractivity contribution in [2.24, 2.45) is 5.10 Å². The van der Waals surface area contributed by atoms with Crippen LogP contribution in [0.5, 0.6) is 23.0 Å². The lowest BCUT2D eigenvalue weighted by atomic mass is 10.2. The minimum Gasteiger partial charge on any atom is -0.496 e. The molecule has 1 amide bonds. The summed E-state index contributed by atoms with van der Waals surface area (Å²) in [6, 6.07) is 8.55. The van der Waals surface area contributed by atoms with E-state index in [1.165, 1.54) is 20.4 Å². The normalized spacial score (nSPS) is 10.6. The summed E-state index contributed by atoms with van der Waals surface area (Å²) in [5.41, 5.74) is 3.81. The van der Waals surface area contributed by atoms with Crippen LogP contribution in [0.25, 0.3) is 0 Å². The van der Waals surface area contributed by atoms with Gasteiger partial charge in [-0.1, -0.05) is 11.6 Å². The van der Waals surface area contributed by atoms with E-state index in [2.05, 4.69) is 10.5 Å². The molecule has 144 valence electrons. The number of halogens is 1. The van der Waals surface area contributed by atoms with E-state index in [0.717, 1.165) is 5.56 Å². The quantitative estimate of drug-likeness (QED) is 0.551. The zero-order valence-electron chi connectivity index (χ0n) is 15.5. The smallest absolute Gasteiger partial charge is 0.277 e. The first-order valence-electron chi connectivity index (χ1n) is 7.99. The molecule has 0 radical (unpaired) electrons. The zero-order chi connectivity index (χ0) is 19.8. The summed E-state index contributed by atoms with van der Waals surface area (Å²) in [7, 11) is 4.59. The number of ether oxygens (including phenoxy) is 4. The number of nitrogens with zero attached hydrogens (tertiary/aromatic N) is 1. The maximum Gasteiger partial charge on any atom is 0.277 e. The van der Waals surface area contributed by atoms with Gasteiger partial charge in [-0.3, -0.25) is 4.79 Å². The number of carbonyl (C=O) groups excluding carboxylic acids is 1. The third kappa shape index (κ3) is 5.52. The Morgan fingerprint density at radius 2 is 1.74 bits per heavy atom. The molecule has 0 spiro atoms. The molecule has 0 aromatic heterocycles. The molecule has 1 N–H and O–H groups in total. The number of aryl methyl sites for hydroxylation is 1. The first kappa shape index (κ1) is 20.4. The number of amides is 1. The van der Waals surface area contributed by atoms with Gasteiger partial charge in [0.25, 0.3) is 5.91 Å². The summed E-state index contributed by atoms with van der Waals surface area (Å²) in [5, 5.41) is 4.54. The van der Waals surface area contributed by atoms with Gasteiger partial charge in [0.05, 0.1) is 33.1 Å². The van der Waals surface area contributed by atoms with Crippen molar-refractivity contribution in [3.05, 3.63) is 46.5 Å². The van der Waals surface area contributed by atoms with E-state index in [1.54, 1.807) is 37.4 Å². The van der Waals surface area contributed by atoms with Crippen LogP contribution in [-0.2, 0) is 4.79 Å². The van der Waals surface area contributed by atoms with Gasteiger partial charge in [0, 0.05) is 17.2 Å². The van der Waals surface area contributed by atoms with Gasteiger partial charge in [0.15, 0.2) is 6.61 Å². The fraction of sp³-hybridized carbons (Fsp3) is 0.263. The molecule has 0 saturated carbocycles. The van der Waals surface area contributed by atoms with Crippen LogP contribution in [0.15, 0.2) is 35.4 Å². The van der Waals surface area contributed by atoms with Crippen LogP contribution in [0.3, 0.4) is 0 Å².